The van der Waals surface area contributed by atoms with Gasteiger partial charge in [0.15, 0.2) is 0 Å². The molecule has 0 amide bonds. The molecule has 6 heteroatoms. The van der Waals surface area contributed by atoms with Gasteiger partial charge in [0.05, 0.1) is 26.2 Å². The van der Waals surface area contributed by atoms with E-state index < -0.39 is 5.92 Å². The summed E-state index contributed by atoms with van der Waals surface area (Å²) in [6.45, 7) is 2.11. The van der Waals surface area contributed by atoms with Crippen molar-refractivity contribution in [2.24, 2.45) is 0 Å². The van der Waals surface area contributed by atoms with E-state index in [-0.39, 0.29) is 12.6 Å². The number of hydrogen-bond donors (Lipinski definition) is 3. The molecule has 4 rings (SSSR count). The number of methoxy groups -OCH3 is 2. The Balaban J connectivity index is 1.81. The van der Waals surface area contributed by atoms with Crippen molar-refractivity contribution < 1.29 is 19.4 Å². The normalized spacial score (nSPS) is 12.8. The number of hydrogen-bond acceptors (Lipinski definition) is 5. The second kappa shape index (κ2) is 10.4. The quantitative estimate of drug-likeness (QED) is 0.286. The second-order valence-corrected chi connectivity index (χ2v) is 8.35. The van der Waals surface area contributed by atoms with E-state index in [1.54, 1.807) is 14.2 Å². The maximum absolute atomic E-state index is 12.6. The Labute approximate surface area is 199 Å². The van der Waals surface area contributed by atoms with Crippen molar-refractivity contribution in [2.75, 3.05) is 26.1 Å². The van der Waals surface area contributed by atoms with Crippen molar-refractivity contribution in [1.82, 2.24) is 4.98 Å². The Bertz CT molecular complexity index is 1240. The largest absolute Gasteiger partial charge is 0.497 e. The van der Waals surface area contributed by atoms with E-state index in [0.29, 0.717) is 17.9 Å². The zero-order chi connectivity index (χ0) is 24.1. The summed E-state index contributed by atoms with van der Waals surface area (Å²) < 4.78 is 10.9. The number of aliphatic hydroxyl groups is 1. The SMILES string of the molecule is COc1cc(NC(c2ccc(C)cc2)C(C=O)c2c[nH]c3c(CCO)cccc23)cc(OC)c1. The van der Waals surface area contributed by atoms with Crippen molar-refractivity contribution >= 4 is 22.9 Å². The smallest absolute Gasteiger partial charge is 0.129 e. The molecule has 0 aliphatic carbocycles. The Morgan fingerprint density at radius 1 is 1.03 bits per heavy atom. The number of aromatic nitrogens is 1. The van der Waals surface area contributed by atoms with Crippen LogP contribution in [0.3, 0.4) is 0 Å². The van der Waals surface area contributed by atoms with Crippen LogP contribution in [-0.2, 0) is 11.2 Å². The predicted octanol–water partition coefficient (Wildman–Crippen LogP) is 5.16. The fourth-order valence-electron chi connectivity index (χ4n) is 4.40. The highest BCUT2D eigenvalue weighted by molar-refractivity contribution is 5.89. The van der Waals surface area contributed by atoms with Crippen LogP contribution in [0.2, 0.25) is 0 Å². The van der Waals surface area contributed by atoms with Crippen molar-refractivity contribution in [3.63, 3.8) is 0 Å². The van der Waals surface area contributed by atoms with Gasteiger partial charge in [0, 0.05) is 47.6 Å². The number of aldehydes is 1. The molecule has 0 spiro atoms. The molecule has 3 aromatic carbocycles. The molecule has 0 radical (unpaired) electrons. The van der Waals surface area contributed by atoms with Crippen LogP contribution >= 0.6 is 0 Å². The van der Waals surface area contributed by atoms with Gasteiger partial charge in [0.25, 0.3) is 0 Å². The lowest BCUT2D eigenvalue weighted by atomic mass is 9.87. The molecule has 0 aliphatic rings. The van der Waals surface area contributed by atoms with E-state index in [1.165, 1.54) is 0 Å². The highest BCUT2D eigenvalue weighted by Gasteiger charge is 2.27. The number of nitrogens with one attached hydrogen (secondary N) is 2. The number of carbonyl (C=O) groups excluding carboxylic acids is 1. The maximum atomic E-state index is 12.6. The van der Waals surface area contributed by atoms with Crippen LogP contribution in [0.15, 0.2) is 66.9 Å². The highest BCUT2D eigenvalue weighted by Crippen LogP contribution is 2.38. The lowest BCUT2D eigenvalue weighted by Gasteiger charge is -2.26. The second-order valence-electron chi connectivity index (χ2n) is 8.35. The third-order valence-electron chi connectivity index (χ3n) is 6.19. The molecule has 4 aromatic rings. The van der Waals surface area contributed by atoms with Crippen molar-refractivity contribution in [3.05, 3.63) is 89.1 Å². The third kappa shape index (κ3) is 4.77. The zero-order valence-electron chi connectivity index (χ0n) is 19.7. The van der Waals surface area contributed by atoms with Gasteiger partial charge in [-0.05, 0) is 30.0 Å². The molecule has 0 saturated heterocycles. The summed E-state index contributed by atoms with van der Waals surface area (Å²) in [6, 6.07) is 19.4. The molecule has 0 aliphatic heterocycles. The molecule has 0 bridgehead atoms. The van der Waals surface area contributed by atoms with Crippen LogP contribution in [-0.4, -0.2) is 37.2 Å². The fourth-order valence-corrected chi connectivity index (χ4v) is 4.40. The first kappa shape index (κ1) is 23.4. The lowest BCUT2D eigenvalue weighted by molar-refractivity contribution is -0.109. The number of para-hydroxylation sites is 1. The first-order valence-electron chi connectivity index (χ1n) is 11.3. The van der Waals surface area contributed by atoms with Crippen LogP contribution in [0.25, 0.3) is 10.9 Å². The minimum Gasteiger partial charge on any atom is -0.497 e. The summed E-state index contributed by atoms with van der Waals surface area (Å²) in [6.07, 6.45) is 3.45. The summed E-state index contributed by atoms with van der Waals surface area (Å²) >= 11 is 0. The number of aryl methyl sites for hydroxylation is 1. The van der Waals surface area contributed by atoms with E-state index in [9.17, 15) is 9.90 Å². The summed E-state index contributed by atoms with van der Waals surface area (Å²) in [7, 11) is 3.22. The molecule has 34 heavy (non-hydrogen) atoms. The van der Waals surface area contributed by atoms with Crippen LogP contribution in [0.1, 0.15) is 34.2 Å². The molecule has 6 nitrogen and oxygen atoms in total. The molecule has 2 atom stereocenters. The standard InChI is InChI=1S/C28H30N2O4/c1-18-7-9-20(10-8-18)28(30-21-13-22(33-2)15-23(14-21)34-3)26(17-32)25-16-29-27-19(11-12-31)5-4-6-24(25)27/h4-10,13-17,26,28-31H,11-12H2,1-3H3. The van der Waals surface area contributed by atoms with Crippen LogP contribution in [0.5, 0.6) is 11.5 Å². The molecule has 3 N–H and O–H groups in total. The Kier molecular flexibility index (Phi) is 7.18. The van der Waals surface area contributed by atoms with E-state index >= 15 is 0 Å². The molecular formula is C28H30N2O4. The predicted molar refractivity (Wildman–Crippen MR) is 135 cm³/mol. The number of aliphatic hydroxyl groups excluding tert-OH is 1. The third-order valence-corrected chi connectivity index (χ3v) is 6.19. The minimum absolute atomic E-state index is 0.0653. The van der Waals surface area contributed by atoms with Gasteiger partial charge >= 0.3 is 0 Å². The Morgan fingerprint density at radius 2 is 1.74 bits per heavy atom. The van der Waals surface area contributed by atoms with Gasteiger partial charge in [-0.2, -0.15) is 0 Å². The topological polar surface area (TPSA) is 83.6 Å². The van der Waals surface area contributed by atoms with Crippen LogP contribution < -0.4 is 14.8 Å². The van der Waals surface area contributed by atoms with Gasteiger partial charge in [0.1, 0.15) is 17.8 Å². The van der Waals surface area contributed by atoms with E-state index in [4.69, 9.17) is 9.47 Å². The molecule has 0 saturated carbocycles. The number of benzene rings is 3. The summed E-state index contributed by atoms with van der Waals surface area (Å²) in [4.78, 5) is 16.0. The number of anilines is 1. The highest BCUT2D eigenvalue weighted by atomic mass is 16.5. The lowest BCUT2D eigenvalue weighted by Crippen LogP contribution is -2.21. The van der Waals surface area contributed by atoms with Crippen molar-refractivity contribution in [2.45, 2.75) is 25.3 Å². The summed E-state index contributed by atoms with van der Waals surface area (Å²) in [5.41, 5.74) is 5.80. The van der Waals surface area contributed by atoms with Gasteiger partial charge in [-0.1, -0.05) is 48.0 Å². The van der Waals surface area contributed by atoms with Crippen LogP contribution in [0.4, 0.5) is 5.69 Å². The summed E-state index contributed by atoms with van der Waals surface area (Å²) in [5.74, 6) is 0.846. The van der Waals surface area contributed by atoms with Crippen LogP contribution in [0, 0.1) is 6.92 Å². The van der Waals surface area contributed by atoms with Gasteiger partial charge in [-0.25, -0.2) is 0 Å². The van der Waals surface area contributed by atoms with Crippen molar-refractivity contribution in [3.8, 4) is 11.5 Å². The van der Waals surface area contributed by atoms with Crippen molar-refractivity contribution in [1.29, 1.82) is 0 Å². The molecular weight excluding hydrogens is 428 g/mol. The Hall–Kier alpha value is -3.77. The molecule has 176 valence electrons. The van der Waals surface area contributed by atoms with E-state index in [1.807, 2.05) is 73.8 Å². The Morgan fingerprint density at radius 3 is 2.35 bits per heavy atom. The van der Waals surface area contributed by atoms with Gasteiger partial charge in [-0.3, -0.25) is 0 Å². The molecule has 1 aromatic heterocycles. The average Bonchev–Trinajstić information content (AvgIpc) is 3.29. The summed E-state index contributed by atoms with van der Waals surface area (Å²) in [5, 5.41) is 14.0. The number of H-pyrrole nitrogens is 1. The molecule has 2 unspecified atom stereocenters. The molecule has 0 fully saturated rings. The number of fused-ring (bicyclic) bond motifs is 1. The number of rotatable bonds is 10. The first-order chi connectivity index (χ1) is 16.6. The number of aromatic amines is 1. The average molecular weight is 459 g/mol. The van der Waals surface area contributed by atoms with E-state index in [2.05, 4.69) is 10.3 Å². The molecule has 1 heterocycles. The monoisotopic (exact) mass is 458 g/mol. The first-order valence-corrected chi connectivity index (χ1v) is 11.3. The number of carbonyl (C=O) groups is 1. The zero-order valence-corrected chi connectivity index (χ0v) is 19.7. The maximum Gasteiger partial charge on any atom is 0.129 e. The van der Waals surface area contributed by atoms with Gasteiger partial charge in [-0.15, -0.1) is 0 Å². The minimum atomic E-state index is -0.474. The van der Waals surface area contributed by atoms with E-state index in [0.717, 1.165) is 45.1 Å². The van der Waals surface area contributed by atoms with Gasteiger partial charge in [0.2, 0.25) is 0 Å². The van der Waals surface area contributed by atoms with Gasteiger partial charge < -0.3 is 29.7 Å². The number of ether oxygens (including phenoxy) is 2. The fraction of sp³-hybridized carbons (Fsp3) is 0.250.